The Morgan fingerprint density at radius 3 is 2.60 bits per heavy atom. The highest BCUT2D eigenvalue weighted by Crippen LogP contribution is 2.27. The molecule has 1 fully saturated rings. The fourth-order valence-electron chi connectivity index (χ4n) is 3.49. The van der Waals surface area contributed by atoms with Crippen molar-refractivity contribution in [2.24, 2.45) is 0 Å². The first-order valence-corrected chi connectivity index (χ1v) is 12.0. The van der Waals surface area contributed by atoms with Gasteiger partial charge in [-0.15, -0.1) is 11.3 Å². The maximum atomic E-state index is 13.0. The first kappa shape index (κ1) is 20.6. The highest BCUT2D eigenvalue weighted by atomic mass is 32.2. The van der Waals surface area contributed by atoms with Crippen LogP contribution in [0.1, 0.15) is 34.8 Å². The van der Waals surface area contributed by atoms with Crippen molar-refractivity contribution < 1.29 is 17.9 Å². The number of carbonyl (C=O) groups excluding carboxylic acids is 1. The zero-order chi connectivity index (χ0) is 21.0. The molecule has 1 aliphatic rings. The van der Waals surface area contributed by atoms with Gasteiger partial charge in [0.2, 0.25) is 0 Å². The summed E-state index contributed by atoms with van der Waals surface area (Å²) in [5.41, 5.74) is 1.69. The van der Waals surface area contributed by atoms with Crippen molar-refractivity contribution in [1.82, 2.24) is 5.32 Å². The van der Waals surface area contributed by atoms with Crippen LogP contribution in [0.4, 0.5) is 5.69 Å². The van der Waals surface area contributed by atoms with Gasteiger partial charge in [0, 0.05) is 17.9 Å². The second-order valence-electron chi connectivity index (χ2n) is 7.03. The third kappa shape index (κ3) is 4.72. The molecule has 156 valence electrons. The third-order valence-electron chi connectivity index (χ3n) is 4.92. The largest absolute Gasteiger partial charge is 0.376 e. The Morgan fingerprint density at radius 1 is 1.07 bits per heavy atom. The smallest absolute Gasteiger partial charge is 0.271 e. The highest BCUT2D eigenvalue weighted by molar-refractivity contribution is 7.94. The van der Waals surface area contributed by atoms with Crippen LogP contribution >= 0.6 is 11.3 Å². The van der Waals surface area contributed by atoms with Crippen LogP contribution in [0.2, 0.25) is 0 Å². The van der Waals surface area contributed by atoms with Crippen LogP contribution in [0.3, 0.4) is 0 Å². The number of ether oxygens (including phenoxy) is 1. The summed E-state index contributed by atoms with van der Waals surface area (Å²) in [6.45, 7) is 0.684. The van der Waals surface area contributed by atoms with E-state index in [0.29, 0.717) is 17.9 Å². The lowest BCUT2D eigenvalue weighted by atomic mass is 9.99. The Kier molecular flexibility index (Phi) is 6.17. The van der Waals surface area contributed by atoms with Crippen LogP contribution in [0, 0.1) is 0 Å². The van der Waals surface area contributed by atoms with E-state index in [1.165, 1.54) is 12.1 Å². The number of rotatable bonds is 7. The van der Waals surface area contributed by atoms with Crippen LogP contribution in [-0.2, 0) is 14.8 Å². The van der Waals surface area contributed by atoms with E-state index in [2.05, 4.69) is 10.0 Å². The summed E-state index contributed by atoms with van der Waals surface area (Å²) >= 11 is 1.14. The van der Waals surface area contributed by atoms with Gasteiger partial charge in [-0.3, -0.25) is 9.52 Å². The molecule has 0 bridgehead atoms. The first-order valence-electron chi connectivity index (χ1n) is 9.67. The Morgan fingerprint density at radius 2 is 1.90 bits per heavy atom. The predicted octanol–water partition coefficient (Wildman–Crippen LogP) is 4.20. The van der Waals surface area contributed by atoms with Crippen molar-refractivity contribution >= 4 is 33.0 Å². The molecule has 4 rings (SSSR count). The summed E-state index contributed by atoms with van der Waals surface area (Å²) in [4.78, 5) is 13.0. The van der Waals surface area contributed by atoms with Crippen molar-refractivity contribution in [3.8, 4) is 0 Å². The van der Waals surface area contributed by atoms with E-state index >= 15 is 0 Å². The summed E-state index contributed by atoms with van der Waals surface area (Å²) in [6, 6.07) is 19.2. The summed E-state index contributed by atoms with van der Waals surface area (Å²) in [6.07, 6.45) is 1.75. The van der Waals surface area contributed by atoms with Crippen LogP contribution in [0.5, 0.6) is 0 Å². The second-order valence-corrected chi connectivity index (χ2v) is 9.89. The lowest BCUT2D eigenvalue weighted by Crippen LogP contribution is -2.36. The predicted molar refractivity (Wildman–Crippen MR) is 117 cm³/mol. The molecule has 30 heavy (non-hydrogen) atoms. The second kappa shape index (κ2) is 8.99. The molecule has 0 saturated carbocycles. The average Bonchev–Trinajstić information content (AvgIpc) is 3.47. The molecule has 2 heterocycles. The Bertz CT molecular complexity index is 1090. The van der Waals surface area contributed by atoms with Crippen molar-refractivity contribution in [2.45, 2.75) is 29.2 Å². The molecule has 6 nitrogen and oxygen atoms in total. The molecule has 1 saturated heterocycles. The van der Waals surface area contributed by atoms with E-state index in [9.17, 15) is 13.2 Å². The molecule has 1 aromatic heterocycles. The van der Waals surface area contributed by atoms with Gasteiger partial charge in [-0.25, -0.2) is 8.42 Å². The molecule has 2 atom stereocenters. The fourth-order valence-corrected chi connectivity index (χ4v) is 5.53. The van der Waals surface area contributed by atoms with Gasteiger partial charge in [-0.05, 0) is 48.1 Å². The molecule has 2 aromatic carbocycles. The van der Waals surface area contributed by atoms with Gasteiger partial charge in [-0.2, -0.15) is 0 Å². The fraction of sp³-hybridized carbons (Fsp3) is 0.227. The number of hydrogen-bond donors (Lipinski definition) is 2. The Labute approximate surface area is 180 Å². The van der Waals surface area contributed by atoms with E-state index in [1.807, 2.05) is 30.3 Å². The van der Waals surface area contributed by atoms with Crippen LogP contribution in [0.15, 0.2) is 76.3 Å². The standard InChI is InChI=1S/C22H22N2O4S2/c25-22(23-21(19-11-5-13-28-19)16-7-2-1-3-8-16)17-9-4-10-18(15-17)24-30(26,27)20-12-6-14-29-20/h1-4,6-10,12,14-15,19,21,24H,5,11,13H2,(H,23,25)/t19-,21-/m1/s1. The number of hydrogen-bond acceptors (Lipinski definition) is 5. The van der Waals surface area contributed by atoms with Gasteiger partial charge in [0.05, 0.1) is 12.1 Å². The van der Waals surface area contributed by atoms with Crippen LogP contribution in [0.25, 0.3) is 0 Å². The number of amides is 1. The molecular weight excluding hydrogens is 420 g/mol. The van der Waals surface area contributed by atoms with Gasteiger partial charge in [0.1, 0.15) is 4.21 Å². The topological polar surface area (TPSA) is 84.5 Å². The number of nitrogens with one attached hydrogen (secondary N) is 2. The minimum absolute atomic E-state index is 0.0862. The summed E-state index contributed by atoms with van der Waals surface area (Å²) in [5, 5.41) is 4.77. The van der Waals surface area contributed by atoms with Gasteiger partial charge in [-0.1, -0.05) is 42.5 Å². The summed E-state index contributed by atoms with van der Waals surface area (Å²) in [7, 11) is -3.67. The van der Waals surface area contributed by atoms with Gasteiger partial charge >= 0.3 is 0 Å². The number of benzene rings is 2. The molecule has 0 radical (unpaired) electrons. The summed E-state index contributed by atoms with van der Waals surface area (Å²) in [5.74, 6) is -0.281. The molecule has 0 aliphatic carbocycles. The SMILES string of the molecule is O=C(N[C@H](c1ccccc1)[C@H]1CCCO1)c1cccc(NS(=O)(=O)c2cccs2)c1. The Balaban J connectivity index is 1.53. The molecule has 2 N–H and O–H groups in total. The lowest BCUT2D eigenvalue weighted by molar-refractivity contribution is 0.0672. The maximum Gasteiger partial charge on any atom is 0.271 e. The first-order chi connectivity index (χ1) is 14.5. The lowest BCUT2D eigenvalue weighted by Gasteiger charge is -2.25. The third-order valence-corrected chi connectivity index (χ3v) is 7.70. The van der Waals surface area contributed by atoms with E-state index < -0.39 is 10.0 Å². The van der Waals surface area contributed by atoms with Crippen LogP contribution < -0.4 is 10.0 Å². The van der Waals surface area contributed by atoms with Gasteiger partial charge in [0.25, 0.3) is 15.9 Å². The molecule has 0 spiro atoms. The van der Waals surface area contributed by atoms with Gasteiger partial charge < -0.3 is 10.1 Å². The van der Waals surface area contributed by atoms with E-state index in [-0.39, 0.29) is 22.3 Å². The number of sulfonamides is 1. The molecular formula is C22H22N2O4S2. The van der Waals surface area contributed by atoms with E-state index in [4.69, 9.17) is 4.74 Å². The van der Waals surface area contributed by atoms with Crippen molar-refractivity contribution in [3.05, 3.63) is 83.2 Å². The monoisotopic (exact) mass is 442 g/mol. The number of thiophene rings is 1. The number of anilines is 1. The molecule has 1 aliphatic heterocycles. The maximum absolute atomic E-state index is 13.0. The van der Waals surface area contributed by atoms with Crippen molar-refractivity contribution in [1.29, 1.82) is 0 Å². The van der Waals surface area contributed by atoms with E-state index in [0.717, 1.165) is 29.7 Å². The summed E-state index contributed by atoms with van der Waals surface area (Å²) < 4.78 is 33.5. The molecule has 3 aromatic rings. The van der Waals surface area contributed by atoms with Crippen molar-refractivity contribution in [2.75, 3.05) is 11.3 Å². The zero-order valence-electron chi connectivity index (χ0n) is 16.2. The Hall–Kier alpha value is -2.68. The van der Waals surface area contributed by atoms with Crippen molar-refractivity contribution in [3.63, 3.8) is 0 Å². The minimum Gasteiger partial charge on any atom is -0.376 e. The quantitative estimate of drug-likeness (QED) is 0.574. The van der Waals surface area contributed by atoms with E-state index in [1.54, 1.807) is 29.6 Å². The number of carbonyl (C=O) groups is 1. The zero-order valence-corrected chi connectivity index (χ0v) is 17.8. The highest BCUT2D eigenvalue weighted by Gasteiger charge is 2.29. The minimum atomic E-state index is -3.67. The molecule has 1 amide bonds. The molecule has 0 unspecified atom stereocenters. The van der Waals surface area contributed by atoms with Gasteiger partial charge in [0.15, 0.2) is 0 Å². The average molecular weight is 443 g/mol. The molecule has 8 heteroatoms. The normalized spacial score (nSPS) is 17.4. The van der Waals surface area contributed by atoms with Crippen LogP contribution in [-0.4, -0.2) is 27.0 Å².